The maximum Gasteiger partial charge on any atom is 0.0833 e. The number of hydrogen-bond donors (Lipinski definition) is 0. The summed E-state index contributed by atoms with van der Waals surface area (Å²) in [6.07, 6.45) is 35.2. The first-order valence-electron chi connectivity index (χ1n) is 15.4. The lowest BCUT2D eigenvalue weighted by Crippen LogP contribution is -2.15. The lowest BCUT2D eigenvalue weighted by atomic mass is 10.0. The molecule has 1 fully saturated rings. The fourth-order valence-electron chi connectivity index (χ4n) is 5.07. The molecule has 1 saturated carbocycles. The molecule has 196 valence electrons. The topological polar surface area (TPSA) is 34.0 Å². The minimum Gasteiger partial charge on any atom is -0.376 e. The monoisotopic (exact) mass is 464 g/mol. The second-order valence-corrected chi connectivity index (χ2v) is 10.6. The predicted octanol–water partition coefficient (Wildman–Crippen LogP) is 10.6. The summed E-state index contributed by atoms with van der Waals surface area (Å²) in [5, 5.41) is 8.75. The van der Waals surface area contributed by atoms with Crippen molar-refractivity contribution >= 4 is 0 Å². The number of hydrogen-bond acceptors (Lipinski definition) is 3. The molecule has 0 amide bonds. The van der Waals surface area contributed by atoms with Crippen molar-refractivity contribution in [1.82, 2.24) is 0 Å². The van der Waals surface area contributed by atoms with E-state index in [1.54, 1.807) is 0 Å². The zero-order valence-corrected chi connectivity index (χ0v) is 22.7. The number of azo groups is 1. The molecule has 0 radical (unpaired) electrons. The van der Waals surface area contributed by atoms with Crippen molar-refractivity contribution in [2.24, 2.45) is 10.2 Å². The van der Waals surface area contributed by atoms with Crippen LogP contribution in [-0.4, -0.2) is 25.8 Å². The largest absolute Gasteiger partial charge is 0.376 e. The van der Waals surface area contributed by atoms with Gasteiger partial charge in [-0.15, -0.1) is 0 Å². The van der Waals surface area contributed by atoms with E-state index in [9.17, 15) is 0 Å². The van der Waals surface area contributed by atoms with Gasteiger partial charge in [0.15, 0.2) is 0 Å². The summed E-state index contributed by atoms with van der Waals surface area (Å²) in [5.74, 6) is 0. The number of nitrogens with zero attached hydrogens (tertiary/aromatic N) is 2. The Morgan fingerprint density at radius 1 is 0.485 bits per heavy atom. The Labute approximate surface area is 208 Å². The van der Waals surface area contributed by atoms with Gasteiger partial charge in [0.1, 0.15) is 0 Å². The molecule has 0 N–H and O–H groups in total. The van der Waals surface area contributed by atoms with Crippen molar-refractivity contribution in [3.05, 3.63) is 0 Å². The van der Waals surface area contributed by atoms with Crippen LogP contribution in [0.4, 0.5) is 0 Å². The summed E-state index contributed by atoms with van der Waals surface area (Å²) < 4.78 is 6.19. The van der Waals surface area contributed by atoms with Crippen LogP contribution in [0.5, 0.6) is 0 Å². The predicted molar refractivity (Wildman–Crippen MR) is 145 cm³/mol. The van der Waals surface area contributed by atoms with E-state index >= 15 is 0 Å². The summed E-state index contributed by atoms with van der Waals surface area (Å²) in [6, 6.07) is 0. The molecule has 3 heteroatoms. The van der Waals surface area contributed by atoms with Gasteiger partial charge < -0.3 is 4.74 Å². The molecular formula is C30H60N2O. The van der Waals surface area contributed by atoms with Crippen LogP contribution < -0.4 is 0 Å². The molecule has 0 bridgehead atoms. The molecule has 3 nitrogen and oxygen atoms in total. The first kappa shape index (κ1) is 30.6. The quantitative estimate of drug-likeness (QED) is 0.147. The van der Waals surface area contributed by atoms with Crippen LogP contribution >= 0.6 is 0 Å². The van der Waals surface area contributed by atoms with Crippen molar-refractivity contribution < 1.29 is 4.74 Å². The van der Waals surface area contributed by atoms with Crippen LogP contribution in [0, 0.1) is 0 Å². The van der Waals surface area contributed by atoms with Crippen molar-refractivity contribution in [3.8, 4) is 0 Å². The third kappa shape index (κ3) is 23.1. The molecule has 0 aromatic rings. The van der Waals surface area contributed by atoms with Gasteiger partial charge in [-0.05, 0) is 19.3 Å². The fraction of sp³-hybridized carbons (Fsp3) is 1.00. The van der Waals surface area contributed by atoms with Crippen LogP contribution in [0.2, 0.25) is 0 Å². The molecule has 0 aromatic carbocycles. The SMILES string of the molecule is CCCCCCCCCCCCCCCN=NCCOC1CCCCCCCCCCCC1. The van der Waals surface area contributed by atoms with Crippen LogP contribution in [0.15, 0.2) is 10.2 Å². The first-order chi connectivity index (χ1) is 16.4. The zero-order valence-electron chi connectivity index (χ0n) is 22.7. The second-order valence-electron chi connectivity index (χ2n) is 10.6. The highest BCUT2D eigenvalue weighted by Crippen LogP contribution is 2.19. The minimum absolute atomic E-state index is 0.460. The summed E-state index contributed by atoms with van der Waals surface area (Å²) in [5.41, 5.74) is 0. The van der Waals surface area contributed by atoms with Gasteiger partial charge in [0.25, 0.3) is 0 Å². The van der Waals surface area contributed by atoms with E-state index in [1.165, 1.54) is 161 Å². The molecule has 0 saturated heterocycles. The molecule has 0 unspecified atom stereocenters. The van der Waals surface area contributed by atoms with E-state index in [4.69, 9.17) is 4.74 Å². The van der Waals surface area contributed by atoms with Crippen LogP contribution in [0.1, 0.15) is 167 Å². The van der Waals surface area contributed by atoms with Crippen LogP contribution in [0.3, 0.4) is 0 Å². The van der Waals surface area contributed by atoms with Gasteiger partial charge in [-0.3, -0.25) is 0 Å². The van der Waals surface area contributed by atoms with Crippen LogP contribution in [0.25, 0.3) is 0 Å². The Bertz CT molecular complexity index is 385. The Hall–Kier alpha value is -0.440. The molecule has 1 aliphatic rings. The maximum absolute atomic E-state index is 6.19. The van der Waals surface area contributed by atoms with Crippen molar-refractivity contribution in [3.63, 3.8) is 0 Å². The van der Waals surface area contributed by atoms with Gasteiger partial charge in [0.2, 0.25) is 0 Å². The smallest absolute Gasteiger partial charge is 0.0833 e. The van der Waals surface area contributed by atoms with E-state index in [1.807, 2.05) is 0 Å². The van der Waals surface area contributed by atoms with Crippen molar-refractivity contribution in [2.45, 2.75) is 174 Å². The summed E-state index contributed by atoms with van der Waals surface area (Å²) in [4.78, 5) is 0. The van der Waals surface area contributed by atoms with Gasteiger partial charge in [-0.1, -0.05) is 148 Å². The number of unbranched alkanes of at least 4 members (excludes halogenated alkanes) is 12. The van der Waals surface area contributed by atoms with Crippen molar-refractivity contribution in [2.75, 3.05) is 19.7 Å². The normalized spacial score (nSPS) is 17.6. The third-order valence-corrected chi connectivity index (χ3v) is 7.31. The molecule has 0 atom stereocenters. The van der Waals surface area contributed by atoms with Crippen molar-refractivity contribution in [1.29, 1.82) is 0 Å². The fourth-order valence-corrected chi connectivity index (χ4v) is 5.07. The van der Waals surface area contributed by atoms with Crippen LogP contribution in [-0.2, 0) is 4.74 Å². The van der Waals surface area contributed by atoms with Gasteiger partial charge >= 0.3 is 0 Å². The summed E-state index contributed by atoms with van der Waals surface area (Å²) in [7, 11) is 0. The lowest BCUT2D eigenvalue weighted by Gasteiger charge is -2.17. The Kier molecular flexibility index (Phi) is 24.3. The van der Waals surface area contributed by atoms with Gasteiger partial charge in [0.05, 0.1) is 25.8 Å². The average Bonchev–Trinajstić information content (AvgIpc) is 2.85. The highest BCUT2D eigenvalue weighted by Gasteiger charge is 2.09. The maximum atomic E-state index is 6.19. The Morgan fingerprint density at radius 3 is 1.36 bits per heavy atom. The minimum atomic E-state index is 0.460. The lowest BCUT2D eigenvalue weighted by molar-refractivity contribution is 0.0429. The molecule has 0 aliphatic heterocycles. The third-order valence-electron chi connectivity index (χ3n) is 7.31. The van der Waals surface area contributed by atoms with Gasteiger partial charge in [-0.25, -0.2) is 0 Å². The zero-order chi connectivity index (χ0) is 23.5. The van der Waals surface area contributed by atoms with Gasteiger partial charge in [-0.2, -0.15) is 10.2 Å². The number of ether oxygens (including phenoxy) is 1. The van der Waals surface area contributed by atoms with E-state index in [0.29, 0.717) is 6.10 Å². The highest BCUT2D eigenvalue weighted by molar-refractivity contribution is 4.62. The molecule has 1 aliphatic carbocycles. The molecule has 0 aromatic heterocycles. The van der Waals surface area contributed by atoms with Gasteiger partial charge in [0, 0.05) is 0 Å². The van der Waals surface area contributed by atoms with E-state index in [-0.39, 0.29) is 0 Å². The molecule has 33 heavy (non-hydrogen) atoms. The molecular weight excluding hydrogens is 404 g/mol. The molecule has 0 heterocycles. The average molecular weight is 465 g/mol. The van der Waals surface area contributed by atoms with E-state index < -0.39 is 0 Å². The van der Waals surface area contributed by atoms with E-state index in [2.05, 4.69) is 17.2 Å². The Morgan fingerprint density at radius 2 is 0.879 bits per heavy atom. The summed E-state index contributed by atoms with van der Waals surface area (Å²) >= 11 is 0. The Balaban J connectivity index is 1.88. The summed E-state index contributed by atoms with van der Waals surface area (Å²) in [6.45, 7) is 4.70. The second kappa shape index (κ2) is 26.2. The number of rotatable bonds is 18. The first-order valence-corrected chi connectivity index (χ1v) is 15.4. The molecule has 0 spiro atoms. The van der Waals surface area contributed by atoms with E-state index in [0.717, 1.165) is 19.7 Å². The highest BCUT2D eigenvalue weighted by atomic mass is 16.5. The standard InChI is InChI=1S/C30H60N2O/c1-2-3-4-5-6-7-8-9-12-15-18-21-24-27-31-32-28-29-33-30-25-22-19-16-13-10-11-14-17-20-23-26-30/h30H,2-29H2,1H3. The molecule has 1 rings (SSSR count).